The molecule has 2 aliphatic rings. The Kier molecular flexibility index (Phi) is 9.49. The van der Waals surface area contributed by atoms with Gasteiger partial charge in [-0.05, 0) is 54.0 Å². The molecule has 3 aromatic carbocycles. The lowest BCUT2D eigenvalue weighted by Crippen LogP contribution is -2.56. The van der Waals surface area contributed by atoms with Crippen molar-refractivity contribution in [1.29, 1.82) is 0 Å². The topological polar surface area (TPSA) is 168 Å². The molecule has 1 aromatic heterocycles. The second-order valence-corrected chi connectivity index (χ2v) is 11.6. The predicted molar refractivity (Wildman–Crippen MR) is 174 cm³/mol. The molecule has 0 saturated heterocycles. The first-order valence-electron chi connectivity index (χ1n) is 15.5. The first kappa shape index (κ1) is 32.8. The van der Waals surface area contributed by atoms with E-state index in [0.29, 0.717) is 39.3 Å². The van der Waals surface area contributed by atoms with Crippen LogP contribution in [-0.4, -0.2) is 84.2 Å². The fourth-order valence-electron chi connectivity index (χ4n) is 6.52. The minimum Gasteiger partial charge on any atom is -0.496 e. The van der Waals surface area contributed by atoms with Gasteiger partial charge in [-0.15, -0.1) is 0 Å². The van der Waals surface area contributed by atoms with Crippen LogP contribution in [0.4, 0.5) is 0 Å². The quantitative estimate of drug-likeness (QED) is 0.176. The highest BCUT2D eigenvalue weighted by Crippen LogP contribution is 2.51. The van der Waals surface area contributed by atoms with Crippen molar-refractivity contribution in [2.75, 3.05) is 33.9 Å². The number of aliphatic hydroxyl groups excluding tert-OH is 3. The molecule has 12 nitrogen and oxygen atoms in total. The lowest BCUT2D eigenvalue weighted by molar-refractivity contribution is -0.118. The van der Waals surface area contributed by atoms with Crippen LogP contribution in [-0.2, 0) is 17.8 Å². The van der Waals surface area contributed by atoms with E-state index in [4.69, 9.17) is 18.6 Å². The number of ether oxygens (including phenoxy) is 3. The van der Waals surface area contributed by atoms with Crippen molar-refractivity contribution in [2.45, 2.75) is 37.2 Å². The Morgan fingerprint density at radius 1 is 0.979 bits per heavy atom. The smallest absolute Gasteiger partial charge is 0.349 e. The molecular formula is C36H36N2O10. The maximum Gasteiger partial charge on any atom is 0.349 e. The van der Waals surface area contributed by atoms with Crippen LogP contribution in [0, 0.1) is 0 Å². The van der Waals surface area contributed by atoms with Crippen LogP contribution in [0.25, 0.3) is 11.0 Å². The zero-order valence-electron chi connectivity index (χ0n) is 26.4. The molecule has 0 radical (unpaired) electrons. The summed E-state index contributed by atoms with van der Waals surface area (Å²) in [5, 5.41) is 34.6. The molecule has 2 amide bonds. The number of carbonyl (C=O) groups excluding carboxylic acids is 2. The van der Waals surface area contributed by atoms with Crippen LogP contribution in [0.1, 0.15) is 33.0 Å². The number of carbonyl (C=O) groups is 2. The van der Waals surface area contributed by atoms with E-state index in [0.717, 1.165) is 5.56 Å². The fraction of sp³-hybridized carbons (Fsp3) is 0.306. The molecule has 12 heteroatoms. The van der Waals surface area contributed by atoms with Gasteiger partial charge in [0.05, 0.1) is 39.4 Å². The van der Waals surface area contributed by atoms with Gasteiger partial charge in [-0.2, -0.15) is 0 Å². The SMILES string of the molecule is COc1ccccc1CCN(C(=O)c1cc2ccccc2oc1=O)[C@@H]1C=C(C(=O)NCCO)[C@@H]2c3cc(CO)cc(OC)c3O[C@@H]2[C@H]1O. The van der Waals surface area contributed by atoms with Gasteiger partial charge in [0.25, 0.3) is 5.91 Å². The van der Waals surface area contributed by atoms with Gasteiger partial charge in [-0.25, -0.2) is 4.79 Å². The number of hydrogen-bond donors (Lipinski definition) is 4. The Labute approximate surface area is 275 Å². The molecule has 6 rings (SSSR count). The molecule has 2 heterocycles. The minimum atomic E-state index is -1.38. The van der Waals surface area contributed by atoms with E-state index in [9.17, 15) is 29.7 Å². The molecule has 0 fully saturated rings. The third-order valence-corrected chi connectivity index (χ3v) is 8.80. The highest BCUT2D eigenvalue weighted by molar-refractivity contribution is 5.98. The summed E-state index contributed by atoms with van der Waals surface area (Å²) < 4.78 is 22.9. The number of aliphatic hydroxyl groups is 3. The van der Waals surface area contributed by atoms with Crippen molar-refractivity contribution in [3.8, 4) is 17.2 Å². The molecule has 250 valence electrons. The Bertz CT molecular complexity index is 1940. The molecule has 0 unspecified atom stereocenters. The lowest BCUT2D eigenvalue weighted by Gasteiger charge is -2.40. The van der Waals surface area contributed by atoms with Crippen molar-refractivity contribution in [3.05, 3.63) is 111 Å². The van der Waals surface area contributed by atoms with Gasteiger partial charge < -0.3 is 44.2 Å². The second-order valence-electron chi connectivity index (χ2n) is 11.6. The number of amides is 2. The fourth-order valence-corrected chi connectivity index (χ4v) is 6.52. The first-order chi connectivity index (χ1) is 23.3. The maximum atomic E-state index is 14.4. The van der Waals surface area contributed by atoms with Crippen molar-refractivity contribution >= 4 is 22.8 Å². The van der Waals surface area contributed by atoms with Crippen molar-refractivity contribution in [3.63, 3.8) is 0 Å². The van der Waals surface area contributed by atoms with Crippen LogP contribution in [0.2, 0.25) is 0 Å². The van der Waals surface area contributed by atoms with E-state index in [1.807, 2.05) is 18.2 Å². The summed E-state index contributed by atoms with van der Waals surface area (Å²) in [6.07, 6.45) is -0.645. The summed E-state index contributed by atoms with van der Waals surface area (Å²) in [5.74, 6) is -0.852. The summed E-state index contributed by atoms with van der Waals surface area (Å²) in [7, 11) is 2.98. The molecule has 4 atom stereocenters. The van der Waals surface area contributed by atoms with Crippen molar-refractivity contribution < 1.29 is 43.5 Å². The molecule has 4 N–H and O–H groups in total. The normalized spacial score (nSPS) is 19.5. The number of fused-ring (bicyclic) bond motifs is 4. The summed E-state index contributed by atoms with van der Waals surface area (Å²) in [6.45, 7) is -0.641. The number of para-hydroxylation sites is 2. The van der Waals surface area contributed by atoms with E-state index in [-0.39, 0.29) is 43.9 Å². The number of nitrogens with one attached hydrogen (secondary N) is 1. The molecular weight excluding hydrogens is 620 g/mol. The highest BCUT2D eigenvalue weighted by Gasteiger charge is 2.51. The number of hydrogen-bond acceptors (Lipinski definition) is 10. The largest absolute Gasteiger partial charge is 0.496 e. The second kappa shape index (κ2) is 13.9. The van der Waals surface area contributed by atoms with E-state index >= 15 is 0 Å². The van der Waals surface area contributed by atoms with E-state index < -0.39 is 41.6 Å². The molecule has 48 heavy (non-hydrogen) atoms. The Hall–Kier alpha value is -5.17. The Morgan fingerprint density at radius 2 is 1.73 bits per heavy atom. The molecule has 0 saturated carbocycles. The summed E-state index contributed by atoms with van der Waals surface area (Å²) in [5.41, 5.74) is 1.22. The highest BCUT2D eigenvalue weighted by atomic mass is 16.5. The predicted octanol–water partition coefficient (Wildman–Crippen LogP) is 2.31. The number of rotatable bonds is 11. The Balaban J connectivity index is 1.48. The maximum absolute atomic E-state index is 14.4. The lowest BCUT2D eigenvalue weighted by atomic mass is 9.77. The van der Waals surface area contributed by atoms with Crippen molar-refractivity contribution in [1.82, 2.24) is 10.2 Å². The van der Waals surface area contributed by atoms with Gasteiger partial charge in [0.2, 0.25) is 5.91 Å². The third-order valence-electron chi connectivity index (χ3n) is 8.80. The van der Waals surface area contributed by atoms with Crippen LogP contribution in [0.15, 0.2) is 87.6 Å². The van der Waals surface area contributed by atoms with Gasteiger partial charge in [0.1, 0.15) is 29.1 Å². The Morgan fingerprint density at radius 3 is 2.48 bits per heavy atom. The summed E-state index contributed by atoms with van der Waals surface area (Å²) in [4.78, 5) is 42.7. The number of benzene rings is 3. The number of nitrogens with zero attached hydrogens (tertiary/aromatic N) is 1. The number of methoxy groups -OCH3 is 2. The molecule has 0 bridgehead atoms. The first-order valence-corrected chi connectivity index (χ1v) is 15.5. The van der Waals surface area contributed by atoms with Gasteiger partial charge in [0.15, 0.2) is 11.5 Å². The van der Waals surface area contributed by atoms with Crippen LogP contribution >= 0.6 is 0 Å². The molecule has 1 aliphatic carbocycles. The van der Waals surface area contributed by atoms with Gasteiger partial charge in [-0.1, -0.05) is 36.4 Å². The summed E-state index contributed by atoms with van der Waals surface area (Å²) >= 11 is 0. The molecule has 0 spiro atoms. The van der Waals surface area contributed by atoms with E-state index in [1.165, 1.54) is 24.2 Å². The minimum absolute atomic E-state index is 0.0115. The van der Waals surface area contributed by atoms with Gasteiger partial charge in [-0.3, -0.25) is 9.59 Å². The third kappa shape index (κ3) is 6.01. The van der Waals surface area contributed by atoms with Crippen LogP contribution in [0.5, 0.6) is 17.2 Å². The van der Waals surface area contributed by atoms with Gasteiger partial charge >= 0.3 is 5.63 Å². The van der Waals surface area contributed by atoms with Crippen molar-refractivity contribution in [2.24, 2.45) is 0 Å². The standard InChI is InChI=1S/C36H36N2O10/c1-45-27-9-5-3-7-21(27)11-13-38(35(43)25-17-22-8-4-6-10-28(22)47-36(25)44)26-18-24(34(42)37-12-14-39)30-23-15-20(19-40)16-29(46-2)32(23)48-33(30)31(26)41/h3-10,15-18,26,30-31,33,39-41H,11-14,19H2,1-2H3,(H,37,42)/t26-,30+,31+,33+/m1/s1. The molecule has 4 aromatic rings. The van der Waals surface area contributed by atoms with E-state index in [1.54, 1.807) is 49.6 Å². The monoisotopic (exact) mass is 656 g/mol. The summed E-state index contributed by atoms with van der Waals surface area (Å²) in [6, 6.07) is 17.7. The average molecular weight is 657 g/mol. The van der Waals surface area contributed by atoms with Gasteiger partial charge in [0, 0.05) is 29.6 Å². The van der Waals surface area contributed by atoms with Crippen LogP contribution < -0.4 is 25.2 Å². The van der Waals surface area contributed by atoms with E-state index in [2.05, 4.69) is 5.32 Å². The zero-order chi connectivity index (χ0) is 33.9. The van der Waals surface area contributed by atoms with Crippen LogP contribution in [0.3, 0.4) is 0 Å². The molecule has 1 aliphatic heterocycles. The average Bonchev–Trinajstić information content (AvgIpc) is 3.50. The zero-order valence-corrected chi connectivity index (χ0v) is 26.4.